The molecule has 1 spiro atoms. The molecule has 1 saturated heterocycles. The number of fused-ring (bicyclic) bond motifs is 2. The number of hydrogen-bond donors (Lipinski definition) is 0. The van der Waals surface area contributed by atoms with Crippen LogP contribution in [-0.4, -0.2) is 37.4 Å². The van der Waals surface area contributed by atoms with Gasteiger partial charge < -0.3 is 14.2 Å². The highest BCUT2D eigenvalue weighted by atomic mass is 16.6. The third-order valence-corrected chi connectivity index (χ3v) is 7.13. The average molecular weight is 336 g/mol. The summed E-state index contributed by atoms with van der Waals surface area (Å²) >= 11 is 0. The van der Waals surface area contributed by atoms with Crippen LogP contribution in [0.3, 0.4) is 0 Å². The van der Waals surface area contributed by atoms with E-state index in [1.54, 1.807) is 0 Å². The van der Waals surface area contributed by atoms with Gasteiger partial charge in [-0.1, -0.05) is 6.92 Å². The molecular formula is C19H28O5. The van der Waals surface area contributed by atoms with E-state index in [1.807, 2.05) is 20.8 Å². The molecule has 4 rings (SSSR count). The molecular weight excluding hydrogens is 308 g/mol. The van der Waals surface area contributed by atoms with Crippen LogP contribution in [0.1, 0.15) is 52.9 Å². The van der Waals surface area contributed by atoms with Crippen LogP contribution in [0, 0.1) is 28.6 Å². The molecule has 1 aliphatic heterocycles. The van der Waals surface area contributed by atoms with Gasteiger partial charge in [0.05, 0.1) is 24.0 Å². The Hall–Kier alpha value is -1.10. The molecule has 6 atom stereocenters. The van der Waals surface area contributed by atoms with Crippen LogP contribution < -0.4 is 0 Å². The Morgan fingerprint density at radius 1 is 1.29 bits per heavy atom. The van der Waals surface area contributed by atoms with Crippen LogP contribution in [0.15, 0.2) is 0 Å². The fourth-order valence-corrected chi connectivity index (χ4v) is 5.60. The largest absolute Gasteiger partial charge is 0.463 e. The van der Waals surface area contributed by atoms with Gasteiger partial charge >= 0.3 is 11.9 Å². The first-order chi connectivity index (χ1) is 11.4. The molecule has 24 heavy (non-hydrogen) atoms. The van der Waals surface area contributed by atoms with Crippen LogP contribution in [0.25, 0.3) is 0 Å². The lowest BCUT2D eigenvalue weighted by Gasteiger charge is -2.28. The van der Waals surface area contributed by atoms with Crippen LogP contribution in [0.4, 0.5) is 0 Å². The van der Waals surface area contributed by atoms with E-state index < -0.39 is 5.41 Å². The average Bonchev–Trinajstić information content (AvgIpc) is 3.05. The SMILES string of the molecule is CCC(C)(C)C(=O)OCCOC1C2CC3CC4C(=O)OC1C4(C3)C2. The second-order valence-corrected chi connectivity index (χ2v) is 8.86. The van der Waals surface area contributed by atoms with E-state index in [0.717, 1.165) is 32.1 Å². The van der Waals surface area contributed by atoms with Crippen molar-refractivity contribution in [2.45, 2.75) is 65.1 Å². The summed E-state index contributed by atoms with van der Waals surface area (Å²) in [5.74, 6) is 1.08. The highest BCUT2D eigenvalue weighted by molar-refractivity contribution is 5.77. The van der Waals surface area contributed by atoms with E-state index in [9.17, 15) is 9.59 Å². The van der Waals surface area contributed by atoms with Crippen molar-refractivity contribution >= 4 is 11.9 Å². The molecule has 0 amide bonds. The first kappa shape index (κ1) is 16.4. The molecule has 0 aromatic rings. The van der Waals surface area contributed by atoms with Gasteiger partial charge in [0.25, 0.3) is 0 Å². The highest BCUT2D eigenvalue weighted by Gasteiger charge is 2.71. The second kappa shape index (κ2) is 5.45. The van der Waals surface area contributed by atoms with Gasteiger partial charge in [-0.25, -0.2) is 0 Å². The molecule has 0 aromatic heterocycles. The van der Waals surface area contributed by atoms with E-state index in [2.05, 4.69) is 0 Å². The molecule has 0 N–H and O–H groups in total. The molecule has 4 aliphatic rings. The molecule has 5 nitrogen and oxygen atoms in total. The van der Waals surface area contributed by atoms with Gasteiger partial charge in [0.15, 0.2) is 0 Å². The van der Waals surface area contributed by atoms with Crippen molar-refractivity contribution in [3.8, 4) is 0 Å². The third kappa shape index (κ3) is 2.23. The summed E-state index contributed by atoms with van der Waals surface area (Å²) in [7, 11) is 0. The quantitative estimate of drug-likeness (QED) is 0.551. The van der Waals surface area contributed by atoms with Crippen LogP contribution in [0.2, 0.25) is 0 Å². The minimum absolute atomic E-state index is 0.00688. The van der Waals surface area contributed by atoms with Crippen LogP contribution >= 0.6 is 0 Å². The Bertz CT molecular complexity index is 556. The lowest BCUT2D eigenvalue weighted by atomic mass is 9.73. The minimum atomic E-state index is -0.448. The predicted octanol–water partition coefficient (Wildman–Crippen LogP) is 2.71. The summed E-state index contributed by atoms with van der Waals surface area (Å²) in [4.78, 5) is 24.2. The van der Waals surface area contributed by atoms with Crippen molar-refractivity contribution in [2.75, 3.05) is 13.2 Å². The standard InChI is InChI=1S/C19H28O5/c1-4-18(2,3)17(21)23-6-5-22-14-12-7-11-8-13-16(20)24-15(14)19(13,9-11)10-12/h11-15H,4-10H2,1-3H3. The molecule has 0 radical (unpaired) electrons. The zero-order valence-electron chi connectivity index (χ0n) is 14.9. The number of esters is 2. The van der Waals surface area contributed by atoms with Crippen molar-refractivity contribution in [3.63, 3.8) is 0 Å². The fourth-order valence-electron chi connectivity index (χ4n) is 5.60. The van der Waals surface area contributed by atoms with Crippen molar-refractivity contribution in [1.82, 2.24) is 0 Å². The zero-order valence-corrected chi connectivity index (χ0v) is 14.9. The Morgan fingerprint density at radius 2 is 2.08 bits per heavy atom. The summed E-state index contributed by atoms with van der Waals surface area (Å²) < 4.78 is 17.2. The Labute approximate surface area is 143 Å². The Balaban J connectivity index is 1.34. The van der Waals surface area contributed by atoms with Crippen molar-refractivity contribution in [3.05, 3.63) is 0 Å². The molecule has 4 fully saturated rings. The summed E-state index contributed by atoms with van der Waals surface area (Å²) in [6.07, 6.45) is 5.03. The number of hydrogen-bond acceptors (Lipinski definition) is 5. The van der Waals surface area contributed by atoms with Gasteiger partial charge in [-0.05, 0) is 57.8 Å². The Kier molecular flexibility index (Phi) is 3.72. The first-order valence-corrected chi connectivity index (χ1v) is 9.37. The summed E-state index contributed by atoms with van der Waals surface area (Å²) in [6.45, 7) is 6.42. The first-order valence-electron chi connectivity index (χ1n) is 9.37. The van der Waals surface area contributed by atoms with Crippen LogP contribution in [0.5, 0.6) is 0 Å². The second-order valence-electron chi connectivity index (χ2n) is 8.86. The molecule has 1 heterocycles. The summed E-state index contributed by atoms with van der Waals surface area (Å²) in [5, 5.41) is 0. The molecule has 134 valence electrons. The van der Waals surface area contributed by atoms with Crippen molar-refractivity contribution in [2.24, 2.45) is 28.6 Å². The molecule has 3 bridgehead atoms. The topological polar surface area (TPSA) is 61.8 Å². The lowest BCUT2D eigenvalue weighted by molar-refractivity contribution is -0.158. The van der Waals surface area contributed by atoms with Gasteiger partial charge in [-0.3, -0.25) is 9.59 Å². The van der Waals surface area contributed by atoms with Gasteiger partial charge in [0, 0.05) is 5.41 Å². The van der Waals surface area contributed by atoms with Crippen molar-refractivity contribution in [1.29, 1.82) is 0 Å². The van der Waals surface area contributed by atoms with Crippen LogP contribution in [-0.2, 0) is 23.8 Å². The number of carbonyl (C=O) groups excluding carboxylic acids is 2. The van der Waals surface area contributed by atoms with E-state index in [0.29, 0.717) is 18.4 Å². The lowest BCUT2D eigenvalue weighted by Crippen LogP contribution is -2.36. The van der Waals surface area contributed by atoms with Crippen molar-refractivity contribution < 1.29 is 23.8 Å². The maximum absolute atomic E-state index is 12.2. The highest BCUT2D eigenvalue weighted by Crippen LogP contribution is 2.68. The van der Waals surface area contributed by atoms with Gasteiger partial charge in [-0.15, -0.1) is 0 Å². The van der Waals surface area contributed by atoms with Gasteiger partial charge in [0.1, 0.15) is 12.7 Å². The number of rotatable bonds is 6. The van der Waals surface area contributed by atoms with E-state index in [4.69, 9.17) is 14.2 Å². The maximum atomic E-state index is 12.2. The molecule has 5 heteroatoms. The predicted molar refractivity (Wildman–Crippen MR) is 86.0 cm³/mol. The molecule has 3 aliphatic carbocycles. The zero-order chi connectivity index (χ0) is 17.1. The van der Waals surface area contributed by atoms with E-state index >= 15 is 0 Å². The number of ether oxygens (including phenoxy) is 3. The van der Waals surface area contributed by atoms with E-state index in [-0.39, 0.29) is 42.1 Å². The normalized spacial score (nSPS) is 42.3. The smallest absolute Gasteiger partial charge is 0.311 e. The third-order valence-electron chi connectivity index (χ3n) is 7.13. The minimum Gasteiger partial charge on any atom is -0.463 e. The Morgan fingerprint density at radius 3 is 2.83 bits per heavy atom. The van der Waals surface area contributed by atoms with Gasteiger partial charge in [-0.2, -0.15) is 0 Å². The van der Waals surface area contributed by atoms with Gasteiger partial charge in [0.2, 0.25) is 0 Å². The molecule has 3 saturated carbocycles. The molecule has 6 unspecified atom stereocenters. The summed E-state index contributed by atoms with van der Waals surface area (Å²) in [6, 6.07) is 0. The summed E-state index contributed by atoms with van der Waals surface area (Å²) in [5.41, 5.74) is -0.396. The number of carbonyl (C=O) groups is 2. The fraction of sp³-hybridized carbons (Fsp3) is 0.895. The monoisotopic (exact) mass is 336 g/mol. The molecule has 0 aromatic carbocycles. The maximum Gasteiger partial charge on any atom is 0.311 e. The van der Waals surface area contributed by atoms with E-state index in [1.165, 1.54) is 0 Å².